The third kappa shape index (κ3) is 7.73. The number of esters is 1. The highest BCUT2D eigenvalue weighted by molar-refractivity contribution is 6.30. The number of hydrogen-bond donors (Lipinski definition) is 0. The molecule has 0 radical (unpaired) electrons. The van der Waals surface area contributed by atoms with Crippen molar-refractivity contribution in [3.8, 4) is 0 Å². The zero-order valence-corrected chi connectivity index (χ0v) is 35.4. The first kappa shape index (κ1) is 40.6. The summed E-state index contributed by atoms with van der Waals surface area (Å²) < 4.78 is 6.21. The maximum absolute atomic E-state index is 14.0. The molecule has 4 saturated carbocycles. The van der Waals surface area contributed by atoms with E-state index in [1.54, 1.807) is 5.57 Å². The Bertz CT molecular complexity index is 1600. The van der Waals surface area contributed by atoms with Crippen molar-refractivity contribution in [1.29, 1.82) is 0 Å². The van der Waals surface area contributed by atoms with Gasteiger partial charge in [-0.05, 0) is 155 Å². The van der Waals surface area contributed by atoms with E-state index < -0.39 is 5.41 Å². The predicted octanol–water partition coefficient (Wildman–Crippen LogP) is 9.95. The molecule has 4 fully saturated rings. The number of Topliss-reactive ketones (excluding diaryl/α,β-unsaturated/α-hetero) is 1. The van der Waals surface area contributed by atoms with Gasteiger partial charge in [0.1, 0.15) is 12.4 Å². The minimum atomic E-state index is -0.698. The Morgan fingerprint density at radius 2 is 1.72 bits per heavy atom. The lowest BCUT2D eigenvalue weighted by Crippen LogP contribution is -2.59. The number of benzene rings is 1. The fourth-order valence-corrected chi connectivity index (χ4v) is 13.2. The Kier molecular flexibility index (Phi) is 11.6. The monoisotopic (exact) mass is 748 g/mol. The first-order chi connectivity index (χ1) is 24.8. The summed E-state index contributed by atoms with van der Waals surface area (Å²) in [5, 5.41) is 0.787. The summed E-state index contributed by atoms with van der Waals surface area (Å²) in [6, 6.07) is 6.31. The van der Waals surface area contributed by atoms with E-state index in [0.29, 0.717) is 41.8 Å². The standard InChI is InChI=1S/C46H69ClN2O4/c1-29(2)41-37(51)24-46(21-22-49(10)27-30-11-12-32(47)23-31(30)26-48(8)9)20-17-33-34-14-16-38-44(5,6)39(53-40(52)25-43(3,4)28-50)18-19-45(38,7)36(34)15-13-35(33)42(41)46/h11-12,23,28-29,33-36,38-39H,13-22,24-27H2,1-10H3. The number of carbonyl (C=O) groups excluding carboxylic acids is 3. The minimum absolute atomic E-state index is 0.00510. The molecule has 0 bridgehead atoms. The molecule has 7 heteroatoms. The quantitative estimate of drug-likeness (QED) is 0.157. The van der Waals surface area contributed by atoms with Gasteiger partial charge in [-0.15, -0.1) is 0 Å². The molecule has 1 aromatic rings. The van der Waals surface area contributed by atoms with Crippen LogP contribution < -0.4 is 0 Å². The fourth-order valence-electron chi connectivity index (χ4n) is 13.0. The third-order valence-corrected chi connectivity index (χ3v) is 15.5. The van der Waals surface area contributed by atoms with E-state index in [1.165, 1.54) is 48.8 Å². The molecule has 0 aliphatic heterocycles. The van der Waals surface area contributed by atoms with Gasteiger partial charge in [0.05, 0.1) is 6.42 Å². The van der Waals surface area contributed by atoms with Crippen LogP contribution in [0.4, 0.5) is 0 Å². The van der Waals surface area contributed by atoms with Crippen LogP contribution in [0.5, 0.6) is 0 Å². The number of allylic oxidation sites excluding steroid dienone is 2. The lowest BCUT2D eigenvalue weighted by atomic mass is 9.40. The van der Waals surface area contributed by atoms with Gasteiger partial charge in [-0.25, -0.2) is 0 Å². The Hall–Kier alpha value is -2.02. The van der Waals surface area contributed by atoms with Crippen LogP contribution in [0.1, 0.15) is 130 Å². The molecule has 5 aliphatic carbocycles. The van der Waals surface area contributed by atoms with E-state index in [9.17, 15) is 14.4 Å². The Balaban J connectivity index is 1.19. The predicted molar refractivity (Wildman–Crippen MR) is 214 cm³/mol. The number of carbonyl (C=O) groups is 3. The summed E-state index contributed by atoms with van der Waals surface area (Å²) >= 11 is 6.41. The normalized spacial score (nSPS) is 33.8. The van der Waals surface area contributed by atoms with Crippen molar-refractivity contribution in [2.45, 2.75) is 138 Å². The zero-order chi connectivity index (χ0) is 38.7. The minimum Gasteiger partial charge on any atom is -0.462 e. The van der Waals surface area contributed by atoms with Gasteiger partial charge in [-0.3, -0.25) is 9.59 Å². The van der Waals surface area contributed by atoms with E-state index in [4.69, 9.17) is 16.3 Å². The van der Waals surface area contributed by atoms with Crippen molar-refractivity contribution in [3.05, 3.63) is 45.5 Å². The van der Waals surface area contributed by atoms with Crippen LogP contribution in [0.2, 0.25) is 5.02 Å². The molecule has 0 amide bonds. The summed E-state index contributed by atoms with van der Waals surface area (Å²) in [7, 11) is 6.45. The summed E-state index contributed by atoms with van der Waals surface area (Å²) in [6.45, 7) is 18.1. The summed E-state index contributed by atoms with van der Waals surface area (Å²) in [6.07, 6.45) is 11.8. The maximum Gasteiger partial charge on any atom is 0.307 e. The van der Waals surface area contributed by atoms with Crippen molar-refractivity contribution in [1.82, 2.24) is 9.80 Å². The van der Waals surface area contributed by atoms with Crippen molar-refractivity contribution in [3.63, 3.8) is 0 Å². The van der Waals surface area contributed by atoms with Gasteiger partial charge in [0.2, 0.25) is 0 Å². The molecule has 0 heterocycles. The van der Waals surface area contributed by atoms with E-state index in [1.807, 2.05) is 19.9 Å². The number of halogens is 1. The van der Waals surface area contributed by atoms with Crippen LogP contribution in [-0.4, -0.2) is 61.6 Å². The first-order valence-corrected chi connectivity index (χ1v) is 21.2. The molecule has 8 atom stereocenters. The second-order valence-electron chi connectivity index (χ2n) is 20.4. The van der Waals surface area contributed by atoms with Crippen molar-refractivity contribution in [2.24, 2.45) is 57.2 Å². The van der Waals surface area contributed by atoms with E-state index in [-0.39, 0.29) is 40.7 Å². The summed E-state index contributed by atoms with van der Waals surface area (Å²) in [5.41, 5.74) is 4.78. The van der Waals surface area contributed by atoms with Gasteiger partial charge in [0.25, 0.3) is 0 Å². The number of hydrogen-bond acceptors (Lipinski definition) is 6. The second kappa shape index (κ2) is 15.1. The Labute approximate surface area is 326 Å². The van der Waals surface area contributed by atoms with Gasteiger partial charge >= 0.3 is 5.97 Å². The largest absolute Gasteiger partial charge is 0.462 e. The van der Waals surface area contributed by atoms with Crippen molar-refractivity contribution < 1.29 is 19.1 Å². The molecular weight excluding hydrogens is 680 g/mol. The molecule has 0 N–H and O–H groups in total. The van der Waals surface area contributed by atoms with Crippen LogP contribution in [-0.2, 0) is 32.2 Å². The van der Waals surface area contributed by atoms with Gasteiger partial charge in [-0.2, -0.15) is 0 Å². The van der Waals surface area contributed by atoms with Gasteiger partial charge < -0.3 is 19.3 Å². The van der Waals surface area contributed by atoms with E-state index >= 15 is 0 Å². The SMILES string of the molecule is CC(C)C1=C2C3CCC4C(CCC5C(C)(C)C(OC(=O)CC(C)(C)C=O)CCC45C)C3CCC2(CCN(C)Cc2ccc(Cl)cc2CN(C)C)CC1=O. The molecule has 5 aliphatic rings. The van der Waals surface area contributed by atoms with E-state index in [2.05, 4.69) is 77.7 Å². The maximum atomic E-state index is 14.0. The fraction of sp³-hybridized carbons (Fsp3) is 0.761. The van der Waals surface area contributed by atoms with Crippen LogP contribution in [0.25, 0.3) is 0 Å². The number of ether oxygens (including phenoxy) is 1. The highest BCUT2D eigenvalue weighted by Gasteiger charge is 2.63. The molecular formula is C46H69ClN2O4. The second-order valence-corrected chi connectivity index (χ2v) is 20.9. The molecule has 294 valence electrons. The van der Waals surface area contributed by atoms with Crippen LogP contribution in [0.15, 0.2) is 29.3 Å². The highest BCUT2D eigenvalue weighted by Crippen LogP contribution is 2.69. The average molecular weight is 750 g/mol. The van der Waals surface area contributed by atoms with Gasteiger partial charge in [0.15, 0.2) is 5.78 Å². The zero-order valence-electron chi connectivity index (χ0n) is 34.7. The smallest absolute Gasteiger partial charge is 0.307 e. The molecule has 8 unspecified atom stereocenters. The van der Waals surface area contributed by atoms with Gasteiger partial charge in [-0.1, -0.05) is 71.7 Å². The molecule has 0 aromatic heterocycles. The van der Waals surface area contributed by atoms with Gasteiger partial charge in [0, 0.05) is 40.8 Å². The number of fused-ring (bicyclic) bond motifs is 7. The number of rotatable bonds is 12. The molecule has 0 spiro atoms. The number of nitrogens with zero attached hydrogens (tertiary/aromatic N) is 2. The van der Waals surface area contributed by atoms with Crippen LogP contribution in [0.3, 0.4) is 0 Å². The summed E-state index contributed by atoms with van der Waals surface area (Å²) in [5.74, 6) is 3.47. The van der Waals surface area contributed by atoms with Crippen LogP contribution in [0, 0.1) is 57.2 Å². The number of ketones is 1. The van der Waals surface area contributed by atoms with Crippen molar-refractivity contribution in [2.75, 3.05) is 27.7 Å². The molecule has 1 aromatic carbocycles. The van der Waals surface area contributed by atoms with Crippen LogP contribution >= 0.6 is 11.6 Å². The molecule has 6 nitrogen and oxygen atoms in total. The highest BCUT2D eigenvalue weighted by atomic mass is 35.5. The molecule has 53 heavy (non-hydrogen) atoms. The lowest BCUT2D eigenvalue weighted by molar-refractivity contribution is -0.194. The first-order valence-electron chi connectivity index (χ1n) is 20.9. The topological polar surface area (TPSA) is 66.9 Å². The Morgan fingerprint density at radius 3 is 2.40 bits per heavy atom. The summed E-state index contributed by atoms with van der Waals surface area (Å²) in [4.78, 5) is 43.2. The lowest BCUT2D eigenvalue weighted by Gasteiger charge is -2.65. The molecule has 0 saturated heterocycles. The Morgan fingerprint density at radius 1 is 0.981 bits per heavy atom. The molecule has 6 rings (SSSR count). The average Bonchev–Trinajstić information content (AvgIpc) is 3.38. The van der Waals surface area contributed by atoms with Crippen molar-refractivity contribution >= 4 is 29.6 Å². The van der Waals surface area contributed by atoms with E-state index in [0.717, 1.165) is 56.6 Å². The third-order valence-electron chi connectivity index (χ3n) is 15.3. The number of aldehydes is 1.